The Labute approximate surface area is 256 Å². The van der Waals surface area contributed by atoms with Gasteiger partial charge in [-0.05, 0) is 66.4 Å². The Kier molecular flexibility index (Phi) is 12.9. The van der Waals surface area contributed by atoms with Gasteiger partial charge in [0.05, 0.1) is 12.7 Å². The fraction of sp³-hybridized carbons (Fsp3) is 0.474. The standard InChI is InChI=1S/C38H47F3O2/c1-3-5-7-8-9-10-11-36(42)30-18-12-27(13-19-30)31-20-22-33(35(39)25-31)28-14-16-29(17-15-28)34-23-21-32(37(40)38(34)41)26-43-24-6-4-2/h12,14-17,20-23,25,30,36,42H,3-11,13,18-19,24,26H2,1-2H3. The van der Waals surface area contributed by atoms with Crippen LogP contribution in [0, 0.1) is 23.4 Å². The van der Waals surface area contributed by atoms with Crippen LogP contribution in [0.5, 0.6) is 0 Å². The molecule has 0 amide bonds. The van der Waals surface area contributed by atoms with Crippen molar-refractivity contribution in [2.75, 3.05) is 6.61 Å². The van der Waals surface area contributed by atoms with Crippen LogP contribution in [0.4, 0.5) is 13.2 Å². The second kappa shape index (κ2) is 16.8. The minimum atomic E-state index is -0.905. The summed E-state index contributed by atoms with van der Waals surface area (Å²) in [6.07, 6.45) is 14.5. The van der Waals surface area contributed by atoms with E-state index in [9.17, 15) is 13.9 Å². The van der Waals surface area contributed by atoms with Crippen molar-refractivity contribution in [1.82, 2.24) is 0 Å². The Hall–Kier alpha value is -2.89. The van der Waals surface area contributed by atoms with Gasteiger partial charge in [0.25, 0.3) is 0 Å². The first-order valence-corrected chi connectivity index (χ1v) is 16.2. The van der Waals surface area contributed by atoms with Crippen LogP contribution < -0.4 is 0 Å². The highest BCUT2D eigenvalue weighted by Crippen LogP contribution is 2.35. The molecule has 2 nitrogen and oxygen atoms in total. The summed E-state index contributed by atoms with van der Waals surface area (Å²) in [5.74, 6) is -1.84. The van der Waals surface area contributed by atoms with Crippen LogP contribution in [-0.2, 0) is 11.3 Å². The number of hydrogen-bond acceptors (Lipinski definition) is 2. The third-order valence-electron chi connectivity index (χ3n) is 8.76. The number of ether oxygens (including phenoxy) is 1. The van der Waals surface area contributed by atoms with Gasteiger partial charge in [-0.2, -0.15) is 0 Å². The van der Waals surface area contributed by atoms with E-state index >= 15 is 4.39 Å². The Balaban J connectivity index is 1.36. The molecule has 0 spiro atoms. The highest BCUT2D eigenvalue weighted by Gasteiger charge is 2.23. The van der Waals surface area contributed by atoms with Gasteiger partial charge in [-0.1, -0.05) is 113 Å². The van der Waals surface area contributed by atoms with E-state index in [4.69, 9.17) is 4.74 Å². The van der Waals surface area contributed by atoms with Gasteiger partial charge in [-0.15, -0.1) is 0 Å². The minimum absolute atomic E-state index is 0.0376. The Morgan fingerprint density at radius 2 is 1.42 bits per heavy atom. The molecule has 0 aromatic heterocycles. The molecule has 1 aliphatic carbocycles. The molecule has 0 heterocycles. The van der Waals surface area contributed by atoms with Gasteiger partial charge in [0.2, 0.25) is 0 Å². The topological polar surface area (TPSA) is 29.5 Å². The van der Waals surface area contributed by atoms with E-state index in [-0.39, 0.29) is 35.6 Å². The fourth-order valence-corrected chi connectivity index (χ4v) is 5.97. The number of allylic oxidation sites excluding steroid dienone is 2. The molecule has 0 saturated carbocycles. The Bertz CT molecular complexity index is 1330. The average molecular weight is 593 g/mol. The normalized spacial score (nSPS) is 15.9. The first-order valence-electron chi connectivity index (χ1n) is 16.2. The lowest BCUT2D eigenvalue weighted by atomic mass is 9.82. The zero-order valence-corrected chi connectivity index (χ0v) is 25.8. The molecule has 0 aliphatic heterocycles. The number of unbranched alkanes of at least 4 members (excludes halogenated alkanes) is 6. The average Bonchev–Trinajstić information content (AvgIpc) is 3.03. The molecule has 232 valence electrons. The van der Waals surface area contributed by atoms with Gasteiger partial charge in [-0.3, -0.25) is 0 Å². The monoisotopic (exact) mass is 592 g/mol. The van der Waals surface area contributed by atoms with Gasteiger partial charge in [0, 0.05) is 23.3 Å². The highest BCUT2D eigenvalue weighted by molar-refractivity contribution is 5.74. The molecule has 0 fully saturated rings. The zero-order chi connectivity index (χ0) is 30.6. The van der Waals surface area contributed by atoms with Crippen LogP contribution in [0.3, 0.4) is 0 Å². The molecule has 5 heteroatoms. The summed E-state index contributed by atoms with van der Waals surface area (Å²) in [5.41, 5.74) is 4.02. The van der Waals surface area contributed by atoms with Crippen LogP contribution in [0.1, 0.15) is 102 Å². The van der Waals surface area contributed by atoms with Crippen molar-refractivity contribution in [2.24, 2.45) is 5.92 Å². The van der Waals surface area contributed by atoms with E-state index in [1.165, 1.54) is 32.1 Å². The van der Waals surface area contributed by atoms with Crippen molar-refractivity contribution in [2.45, 2.75) is 104 Å². The maximum Gasteiger partial charge on any atom is 0.167 e. The molecule has 3 aromatic carbocycles. The van der Waals surface area contributed by atoms with Gasteiger partial charge < -0.3 is 9.84 Å². The number of aliphatic hydroxyl groups is 1. The molecule has 2 atom stereocenters. The second-order valence-electron chi connectivity index (χ2n) is 12.0. The highest BCUT2D eigenvalue weighted by atomic mass is 19.2. The van der Waals surface area contributed by atoms with Crippen LogP contribution in [-0.4, -0.2) is 17.8 Å². The number of halogens is 3. The van der Waals surface area contributed by atoms with Crippen LogP contribution in [0.25, 0.3) is 27.8 Å². The molecular formula is C38H47F3O2. The van der Waals surface area contributed by atoms with E-state index < -0.39 is 11.6 Å². The van der Waals surface area contributed by atoms with Gasteiger partial charge >= 0.3 is 0 Å². The molecule has 43 heavy (non-hydrogen) atoms. The summed E-state index contributed by atoms with van der Waals surface area (Å²) in [6, 6.07) is 15.3. The molecule has 0 radical (unpaired) electrons. The van der Waals surface area contributed by atoms with Crippen LogP contribution >= 0.6 is 0 Å². The number of rotatable bonds is 16. The molecule has 1 aliphatic rings. The third kappa shape index (κ3) is 9.06. The number of benzene rings is 3. The Morgan fingerprint density at radius 3 is 2.09 bits per heavy atom. The molecule has 0 bridgehead atoms. The van der Waals surface area contributed by atoms with E-state index in [1.54, 1.807) is 48.5 Å². The summed E-state index contributed by atoms with van der Waals surface area (Å²) in [7, 11) is 0. The largest absolute Gasteiger partial charge is 0.393 e. The zero-order valence-electron chi connectivity index (χ0n) is 25.8. The molecule has 4 rings (SSSR count). The Morgan fingerprint density at radius 1 is 0.767 bits per heavy atom. The maximum absolute atomic E-state index is 15.3. The van der Waals surface area contributed by atoms with Crippen molar-refractivity contribution in [1.29, 1.82) is 0 Å². The third-order valence-corrected chi connectivity index (χ3v) is 8.76. The van der Waals surface area contributed by atoms with Crippen molar-refractivity contribution >= 4 is 5.57 Å². The first kappa shape index (κ1) is 33.0. The lowest BCUT2D eigenvalue weighted by Crippen LogP contribution is -2.22. The van der Waals surface area contributed by atoms with Crippen molar-refractivity contribution in [3.05, 3.63) is 89.3 Å². The predicted octanol–water partition coefficient (Wildman–Crippen LogP) is 11.0. The molecule has 0 saturated heterocycles. The van der Waals surface area contributed by atoms with E-state index in [2.05, 4.69) is 13.0 Å². The minimum Gasteiger partial charge on any atom is -0.393 e. The molecule has 1 N–H and O–H groups in total. The SMILES string of the molecule is CCCCCCCCC(O)C1CC=C(c2ccc(-c3ccc(-c4ccc(COCCCC)c(F)c4F)cc3)c(F)c2)CC1. The lowest BCUT2D eigenvalue weighted by Gasteiger charge is -2.26. The smallest absolute Gasteiger partial charge is 0.167 e. The summed E-state index contributed by atoms with van der Waals surface area (Å²) >= 11 is 0. The van der Waals surface area contributed by atoms with Gasteiger partial charge in [-0.25, -0.2) is 13.2 Å². The van der Waals surface area contributed by atoms with E-state index in [0.29, 0.717) is 23.3 Å². The fourth-order valence-electron chi connectivity index (χ4n) is 5.97. The summed E-state index contributed by atoms with van der Waals surface area (Å²) < 4.78 is 50.3. The summed E-state index contributed by atoms with van der Waals surface area (Å²) in [4.78, 5) is 0. The predicted molar refractivity (Wildman–Crippen MR) is 171 cm³/mol. The molecular weight excluding hydrogens is 545 g/mol. The van der Waals surface area contributed by atoms with Crippen LogP contribution in [0.2, 0.25) is 0 Å². The molecule has 2 unspecified atom stereocenters. The quantitative estimate of drug-likeness (QED) is 0.168. The summed E-state index contributed by atoms with van der Waals surface area (Å²) in [6.45, 7) is 4.82. The van der Waals surface area contributed by atoms with Gasteiger partial charge in [0.15, 0.2) is 11.6 Å². The van der Waals surface area contributed by atoms with Crippen molar-refractivity contribution in [3.8, 4) is 22.3 Å². The van der Waals surface area contributed by atoms with E-state index in [1.807, 2.05) is 13.0 Å². The first-order chi connectivity index (χ1) is 20.9. The van der Waals surface area contributed by atoms with Gasteiger partial charge in [0.1, 0.15) is 5.82 Å². The van der Waals surface area contributed by atoms with Crippen LogP contribution in [0.15, 0.2) is 60.7 Å². The maximum atomic E-state index is 15.3. The number of aliphatic hydroxyl groups excluding tert-OH is 1. The van der Waals surface area contributed by atoms with E-state index in [0.717, 1.165) is 56.1 Å². The van der Waals surface area contributed by atoms with Crippen molar-refractivity contribution in [3.63, 3.8) is 0 Å². The number of hydrogen-bond donors (Lipinski definition) is 1. The molecule has 3 aromatic rings. The summed E-state index contributed by atoms with van der Waals surface area (Å²) in [5, 5.41) is 10.7. The van der Waals surface area contributed by atoms with Crippen molar-refractivity contribution < 1.29 is 23.0 Å². The lowest BCUT2D eigenvalue weighted by molar-refractivity contribution is 0.0913. The second-order valence-corrected chi connectivity index (χ2v) is 12.0.